The molecule has 1 aromatic rings. The molecule has 1 saturated heterocycles. The van der Waals surface area contributed by atoms with Gasteiger partial charge < -0.3 is 10.0 Å². The van der Waals surface area contributed by atoms with Crippen LogP contribution in [-0.2, 0) is 11.2 Å². The number of likely N-dealkylation sites (tertiary alicyclic amines) is 1. The number of amides is 1. The molecule has 0 unspecified atom stereocenters. The van der Waals surface area contributed by atoms with Crippen molar-refractivity contribution in [2.75, 3.05) is 13.1 Å². The molecule has 1 aliphatic rings. The predicted octanol–water partition coefficient (Wildman–Crippen LogP) is 2.36. The van der Waals surface area contributed by atoms with Crippen LogP contribution in [0, 0.1) is 5.92 Å². The number of ketones is 1. The van der Waals surface area contributed by atoms with Crippen molar-refractivity contribution in [1.29, 1.82) is 0 Å². The number of hydrogen-bond acceptors (Lipinski definition) is 3. The Kier molecular flexibility index (Phi) is 5.09. The molecular weight excluding hydrogens is 256 g/mol. The van der Waals surface area contributed by atoms with E-state index in [1.54, 1.807) is 12.4 Å². The average molecular weight is 276 g/mol. The van der Waals surface area contributed by atoms with E-state index < -0.39 is 6.09 Å². The number of piperidine rings is 1. The van der Waals surface area contributed by atoms with Gasteiger partial charge in [0.2, 0.25) is 0 Å². The zero-order chi connectivity index (χ0) is 14.4. The van der Waals surface area contributed by atoms with Gasteiger partial charge in [-0.1, -0.05) is 0 Å². The molecule has 108 valence electrons. The van der Waals surface area contributed by atoms with Crippen LogP contribution in [0.3, 0.4) is 0 Å². The molecule has 1 amide bonds. The maximum atomic E-state index is 12.1. The third-order valence-corrected chi connectivity index (χ3v) is 3.86. The van der Waals surface area contributed by atoms with Crippen LogP contribution in [0.5, 0.6) is 0 Å². The van der Waals surface area contributed by atoms with Crippen molar-refractivity contribution in [2.24, 2.45) is 5.92 Å². The van der Waals surface area contributed by atoms with Gasteiger partial charge in [-0.3, -0.25) is 9.78 Å². The minimum absolute atomic E-state index is 0.0445. The SMILES string of the molecule is O=C(CCCc1ccncc1)C1CCN(C(=O)O)CC1. The molecule has 0 aliphatic carbocycles. The number of pyridine rings is 1. The number of rotatable bonds is 5. The first-order valence-electron chi connectivity index (χ1n) is 7.06. The molecule has 2 rings (SSSR count). The Balaban J connectivity index is 1.69. The summed E-state index contributed by atoms with van der Waals surface area (Å²) in [5.41, 5.74) is 1.20. The highest BCUT2D eigenvalue weighted by Crippen LogP contribution is 2.20. The van der Waals surface area contributed by atoms with Gasteiger partial charge in [0.25, 0.3) is 0 Å². The van der Waals surface area contributed by atoms with Gasteiger partial charge in [-0.2, -0.15) is 0 Å². The third kappa shape index (κ3) is 4.05. The minimum Gasteiger partial charge on any atom is -0.465 e. The van der Waals surface area contributed by atoms with Gasteiger partial charge in [-0.25, -0.2) is 4.79 Å². The molecule has 0 saturated carbocycles. The number of carboxylic acid groups (broad SMARTS) is 1. The molecule has 20 heavy (non-hydrogen) atoms. The number of carbonyl (C=O) groups is 2. The van der Waals surface area contributed by atoms with Crippen molar-refractivity contribution >= 4 is 11.9 Å². The van der Waals surface area contributed by atoms with Crippen LogP contribution < -0.4 is 0 Å². The van der Waals surface area contributed by atoms with Crippen molar-refractivity contribution in [3.63, 3.8) is 0 Å². The summed E-state index contributed by atoms with van der Waals surface area (Å²) in [6.07, 6.45) is 6.30. The topological polar surface area (TPSA) is 70.5 Å². The Morgan fingerprint density at radius 2 is 1.90 bits per heavy atom. The van der Waals surface area contributed by atoms with E-state index in [-0.39, 0.29) is 11.7 Å². The van der Waals surface area contributed by atoms with Gasteiger partial charge in [0.15, 0.2) is 0 Å². The molecular formula is C15H20N2O3. The fourth-order valence-electron chi connectivity index (χ4n) is 2.61. The molecule has 5 heteroatoms. The van der Waals surface area contributed by atoms with Crippen LogP contribution in [-0.4, -0.2) is 40.0 Å². The van der Waals surface area contributed by atoms with Crippen molar-refractivity contribution in [3.05, 3.63) is 30.1 Å². The zero-order valence-electron chi connectivity index (χ0n) is 11.5. The molecule has 0 bridgehead atoms. The van der Waals surface area contributed by atoms with Gasteiger partial charge in [0.05, 0.1) is 0 Å². The molecule has 1 N–H and O–H groups in total. The molecule has 1 fully saturated rings. The third-order valence-electron chi connectivity index (χ3n) is 3.86. The lowest BCUT2D eigenvalue weighted by atomic mass is 9.90. The lowest BCUT2D eigenvalue weighted by Crippen LogP contribution is -2.39. The molecule has 1 aromatic heterocycles. The lowest BCUT2D eigenvalue weighted by molar-refractivity contribution is -0.124. The number of aromatic nitrogens is 1. The Hall–Kier alpha value is -1.91. The van der Waals surface area contributed by atoms with E-state index in [9.17, 15) is 9.59 Å². The summed E-state index contributed by atoms with van der Waals surface area (Å²) in [6.45, 7) is 0.964. The van der Waals surface area contributed by atoms with E-state index in [2.05, 4.69) is 4.98 Å². The van der Waals surface area contributed by atoms with Crippen molar-refractivity contribution in [1.82, 2.24) is 9.88 Å². The highest BCUT2D eigenvalue weighted by molar-refractivity contribution is 5.81. The van der Waals surface area contributed by atoms with Gasteiger partial charge in [-0.05, 0) is 43.4 Å². The normalized spacial score (nSPS) is 16.1. The molecule has 0 aromatic carbocycles. The first-order chi connectivity index (χ1) is 9.66. The van der Waals surface area contributed by atoms with Gasteiger partial charge in [-0.15, -0.1) is 0 Å². The standard InChI is InChI=1S/C15H20N2O3/c18-14(3-1-2-12-4-8-16-9-5-12)13-6-10-17(11-7-13)15(19)20/h4-5,8-9,13H,1-3,6-7,10-11H2,(H,19,20). The first kappa shape index (κ1) is 14.5. The van der Waals surface area contributed by atoms with Crippen LogP contribution in [0.4, 0.5) is 4.79 Å². The maximum Gasteiger partial charge on any atom is 0.407 e. The van der Waals surface area contributed by atoms with Crippen LogP contribution in [0.1, 0.15) is 31.2 Å². The van der Waals surface area contributed by atoms with Gasteiger partial charge in [0.1, 0.15) is 5.78 Å². The Morgan fingerprint density at radius 3 is 2.50 bits per heavy atom. The summed E-state index contributed by atoms with van der Waals surface area (Å²) in [4.78, 5) is 28.2. The fourth-order valence-corrected chi connectivity index (χ4v) is 2.61. The smallest absolute Gasteiger partial charge is 0.407 e. The zero-order valence-corrected chi connectivity index (χ0v) is 11.5. The van der Waals surface area contributed by atoms with E-state index in [0.29, 0.717) is 32.4 Å². The van der Waals surface area contributed by atoms with Crippen molar-refractivity contribution in [2.45, 2.75) is 32.1 Å². The highest BCUT2D eigenvalue weighted by atomic mass is 16.4. The number of hydrogen-bond donors (Lipinski definition) is 1. The monoisotopic (exact) mass is 276 g/mol. The summed E-state index contributed by atoms with van der Waals surface area (Å²) in [5, 5.41) is 8.87. The van der Waals surface area contributed by atoms with Crippen LogP contribution in [0.2, 0.25) is 0 Å². The number of nitrogens with zero attached hydrogens (tertiary/aromatic N) is 2. The maximum absolute atomic E-state index is 12.1. The molecule has 1 aliphatic heterocycles. The van der Waals surface area contributed by atoms with Crippen molar-refractivity contribution in [3.8, 4) is 0 Å². The van der Waals surface area contributed by atoms with Crippen LogP contribution in [0.15, 0.2) is 24.5 Å². The highest BCUT2D eigenvalue weighted by Gasteiger charge is 2.26. The molecule has 0 radical (unpaired) electrons. The average Bonchev–Trinajstić information content (AvgIpc) is 2.48. The second-order valence-corrected chi connectivity index (χ2v) is 5.22. The minimum atomic E-state index is -0.881. The van der Waals surface area contributed by atoms with Gasteiger partial charge >= 0.3 is 6.09 Å². The summed E-state index contributed by atoms with van der Waals surface area (Å²) < 4.78 is 0. The van der Waals surface area contributed by atoms with Crippen LogP contribution >= 0.6 is 0 Å². The first-order valence-corrected chi connectivity index (χ1v) is 7.06. The quantitative estimate of drug-likeness (QED) is 0.896. The van der Waals surface area contributed by atoms with Crippen LogP contribution in [0.25, 0.3) is 0 Å². The molecule has 5 nitrogen and oxygen atoms in total. The Bertz CT molecular complexity index is 453. The summed E-state index contributed by atoms with van der Waals surface area (Å²) >= 11 is 0. The summed E-state index contributed by atoms with van der Waals surface area (Å²) in [5.74, 6) is 0.326. The number of aryl methyl sites for hydroxylation is 1. The van der Waals surface area contributed by atoms with E-state index in [0.717, 1.165) is 12.8 Å². The summed E-state index contributed by atoms with van der Waals surface area (Å²) in [7, 11) is 0. The molecule has 0 atom stereocenters. The fraction of sp³-hybridized carbons (Fsp3) is 0.533. The largest absolute Gasteiger partial charge is 0.465 e. The van der Waals surface area contributed by atoms with Crippen molar-refractivity contribution < 1.29 is 14.7 Å². The second kappa shape index (κ2) is 7.03. The summed E-state index contributed by atoms with van der Waals surface area (Å²) in [6, 6.07) is 3.94. The predicted molar refractivity (Wildman–Crippen MR) is 74.5 cm³/mol. The van der Waals surface area contributed by atoms with E-state index in [1.165, 1.54) is 10.5 Å². The van der Waals surface area contributed by atoms with E-state index >= 15 is 0 Å². The Labute approximate surface area is 118 Å². The lowest BCUT2D eigenvalue weighted by Gasteiger charge is -2.29. The van der Waals surface area contributed by atoms with E-state index in [4.69, 9.17) is 5.11 Å². The molecule has 2 heterocycles. The second-order valence-electron chi connectivity index (χ2n) is 5.22. The van der Waals surface area contributed by atoms with Gasteiger partial charge in [0, 0.05) is 37.8 Å². The molecule has 0 spiro atoms. The van der Waals surface area contributed by atoms with E-state index in [1.807, 2.05) is 12.1 Å². The number of Topliss-reactive ketones (excluding diaryl/α,β-unsaturated/α-hetero) is 1. The Morgan fingerprint density at radius 1 is 1.25 bits per heavy atom. The number of carbonyl (C=O) groups excluding carboxylic acids is 1.